The van der Waals surface area contributed by atoms with Gasteiger partial charge in [0.25, 0.3) is 0 Å². The summed E-state index contributed by atoms with van der Waals surface area (Å²) in [4.78, 5) is 0. The Kier molecular flexibility index (Phi) is 4.15. The second-order valence-corrected chi connectivity index (χ2v) is 4.94. The molecule has 12 heavy (non-hydrogen) atoms. The first kappa shape index (κ1) is 10.6. The zero-order valence-electron chi connectivity index (χ0n) is 7.47. The van der Waals surface area contributed by atoms with E-state index in [1.165, 1.54) is 0 Å². The maximum atomic E-state index is 6.09. The smallest absolute Gasteiger partial charge is 0.0502 e. The lowest BCUT2D eigenvalue weighted by molar-refractivity contribution is 0.252. The number of hydrogen-bond donors (Lipinski definition) is 1. The van der Waals surface area contributed by atoms with Gasteiger partial charge in [0.2, 0.25) is 0 Å². The van der Waals surface area contributed by atoms with Crippen molar-refractivity contribution in [2.45, 2.75) is 36.9 Å². The highest BCUT2D eigenvalue weighted by atomic mass is 35.5. The maximum Gasteiger partial charge on any atom is 0.0502 e. The highest BCUT2D eigenvalue weighted by molar-refractivity contribution is 6.30. The average molecular weight is 210 g/mol. The Morgan fingerprint density at radius 1 is 1.25 bits per heavy atom. The fraction of sp³-hybridized carbons (Fsp3) is 1.00. The highest BCUT2D eigenvalue weighted by Gasteiger charge is 2.32. The standard InChI is InChI=1S/C9H17Cl2N/c1-6-4-8(10)9(11)5-7(6)2-3-12/h6-9H,2-5,12H2,1H3/t6?,7?,8-,9+/m1/s1. The van der Waals surface area contributed by atoms with Gasteiger partial charge in [-0.3, -0.25) is 0 Å². The summed E-state index contributed by atoms with van der Waals surface area (Å²) in [5.74, 6) is 1.37. The highest BCUT2D eigenvalue weighted by Crippen LogP contribution is 2.37. The molecular weight excluding hydrogens is 193 g/mol. The van der Waals surface area contributed by atoms with Crippen molar-refractivity contribution < 1.29 is 0 Å². The summed E-state index contributed by atoms with van der Waals surface area (Å²) in [5.41, 5.74) is 5.53. The molecule has 0 aromatic heterocycles. The third-order valence-corrected chi connectivity index (χ3v) is 3.95. The minimum atomic E-state index is 0.152. The molecule has 1 nitrogen and oxygen atoms in total. The molecule has 0 bridgehead atoms. The SMILES string of the molecule is CC1C[C@@H](Cl)[C@@H](Cl)CC1CCN. The van der Waals surface area contributed by atoms with Crippen LogP contribution < -0.4 is 5.73 Å². The normalized spacial score (nSPS) is 43.0. The molecule has 2 N–H and O–H groups in total. The molecule has 2 unspecified atom stereocenters. The van der Waals surface area contributed by atoms with Gasteiger partial charge in [-0.2, -0.15) is 0 Å². The number of hydrogen-bond acceptors (Lipinski definition) is 1. The van der Waals surface area contributed by atoms with Crippen molar-refractivity contribution in [3.8, 4) is 0 Å². The molecule has 0 amide bonds. The third-order valence-electron chi connectivity index (χ3n) is 2.86. The predicted octanol–water partition coefficient (Wildman–Crippen LogP) is 2.60. The summed E-state index contributed by atoms with van der Waals surface area (Å²) in [6.07, 6.45) is 3.17. The largest absolute Gasteiger partial charge is 0.330 e. The molecule has 72 valence electrons. The van der Waals surface area contributed by atoms with Crippen LogP contribution in [-0.2, 0) is 0 Å². The van der Waals surface area contributed by atoms with E-state index in [1.807, 2.05) is 0 Å². The van der Waals surface area contributed by atoms with E-state index in [0.29, 0.717) is 11.8 Å². The van der Waals surface area contributed by atoms with Gasteiger partial charge in [0, 0.05) is 0 Å². The third kappa shape index (κ3) is 2.51. The van der Waals surface area contributed by atoms with E-state index >= 15 is 0 Å². The molecule has 0 aliphatic heterocycles. The minimum absolute atomic E-state index is 0.152. The first-order valence-electron chi connectivity index (χ1n) is 4.63. The van der Waals surface area contributed by atoms with Gasteiger partial charge in [-0.05, 0) is 37.6 Å². The average Bonchev–Trinajstić information content (AvgIpc) is 2.01. The zero-order chi connectivity index (χ0) is 9.14. The van der Waals surface area contributed by atoms with Crippen molar-refractivity contribution in [3.05, 3.63) is 0 Å². The van der Waals surface area contributed by atoms with E-state index in [0.717, 1.165) is 25.8 Å². The Balaban J connectivity index is 2.43. The lowest BCUT2D eigenvalue weighted by Crippen LogP contribution is -2.32. The van der Waals surface area contributed by atoms with E-state index in [4.69, 9.17) is 28.9 Å². The number of alkyl halides is 2. The van der Waals surface area contributed by atoms with Crippen LogP contribution in [0.25, 0.3) is 0 Å². The summed E-state index contributed by atoms with van der Waals surface area (Å²) in [6.45, 7) is 3.02. The van der Waals surface area contributed by atoms with Crippen molar-refractivity contribution in [2.75, 3.05) is 6.54 Å². The molecule has 4 atom stereocenters. The number of nitrogens with two attached hydrogens (primary N) is 1. The van der Waals surface area contributed by atoms with E-state index in [-0.39, 0.29) is 10.8 Å². The molecule has 1 rings (SSSR count). The lowest BCUT2D eigenvalue weighted by Gasteiger charge is -2.34. The maximum absolute atomic E-state index is 6.09. The van der Waals surface area contributed by atoms with Crippen molar-refractivity contribution >= 4 is 23.2 Å². The fourth-order valence-corrected chi connectivity index (χ4v) is 2.70. The van der Waals surface area contributed by atoms with E-state index in [2.05, 4.69) is 6.92 Å². The summed E-state index contributed by atoms with van der Waals surface area (Å²) in [6, 6.07) is 0. The van der Waals surface area contributed by atoms with Crippen LogP contribution in [0.3, 0.4) is 0 Å². The van der Waals surface area contributed by atoms with Crippen LogP contribution in [0.15, 0.2) is 0 Å². The first-order chi connectivity index (χ1) is 5.65. The summed E-state index contributed by atoms with van der Waals surface area (Å²) >= 11 is 12.2. The second kappa shape index (κ2) is 4.69. The Morgan fingerprint density at radius 2 is 1.83 bits per heavy atom. The molecule has 3 heteroatoms. The predicted molar refractivity (Wildman–Crippen MR) is 54.8 cm³/mol. The lowest BCUT2D eigenvalue weighted by atomic mass is 9.78. The molecular formula is C9H17Cl2N. The van der Waals surface area contributed by atoms with Crippen molar-refractivity contribution in [1.82, 2.24) is 0 Å². The fourth-order valence-electron chi connectivity index (χ4n) is 1.98. The number of halogens is 2. The molecule has 1 aliphatic rings. The van der Waals surface area contributed by atoms with Crippen LogP contribution in [0.2, 0.25) is 0 Å². The monoisotopic (exact) mass is 209 g/mol. The van der Waals surface area contributed by atoms with Crippen molar-refractivity contribution in [2.24, 2.45) is 17.6 Å². The molecule has 0 radical (unpaired) electrons. The van der Waals surface area contributed by atoms with Gasteiger partial charge in [-0.25, -0.2) is 0 Å². The topological polar surface area (TPSA) is 26.0 Å². The Labute approximate surface area is 84.6 Å². The van der Waals surface area contributed by atoms with Gasteiger partial charge in [0.1, 0.15) is 0 Å². The van der Waals surface area contributed by atoms with Crippen LogP contribution in [0.5, 0.6) is 0 Å². The molecule has 1 fully saturated rings. The second-order valence-electron chi connectivity index (χ2n) is 3.82. The molecule has 0 saturated heterocycles. The van der Waals surface area contributed by atoms with Gasteiger partial charge in [-0.15, -0.1) is 23.2 Å². The van der Waals surface area contributed by atoms with Crippen LogP contribution in [0.4, 0.5) is 0 Å². The molecule has 1 saturated carbocycles. The van der Waals surface area contributed by atoms with Gasteiger partial charge >= 0.3 is 0 Å². The van der Waals surface area contributed by atoms with Crippen LogP contribution in [0, 0.1) is 11.8 Å². The van der Waals surface area contributed by atoms with Crippen molar-refractivity contribution in [1.29, 1.82) is 0 Å². The van der Waals surface area contributed by atoms with Crippen LogP contribution >= 0.6 is 23.2 Å². The van der Waals surface area contributed by atoms with Crippen molar-refractivity contribution in [3.63, 3.8) is 0 Å². The van der Waals surface area contributed by atoms with E-state index in [1.54, 1.807) is 0 Å². The summed E-state index contributed by atoms with van der Waals surface area (Å²) in [5, 5.41) is 0.315. The molecule has 0 aromatic carbocycles. The quantitative estimate of drug-likeness (QED) is 0.696. The van der Waals surface area contributed by atoms with Crippen LogP contribution in [0.1, 0.15) is 26.2 Å². The molecule has 0 spiro atoms. The summed E-state index contributed by atoms with van der Waals surface area (Å²) < 4.78 is 0. The van der Waals surface area contributed by atoms with E-state index in [9.17, 15) is 0 Å². The van der Waals surface area contributed by atoms with E-state index < -0.39 is 0 Å². The minimum Gasteiger partial charge on any atom is -0.330 e. The van der Waals surface area contributed by atoms with Gasteiger partial charge in [0.05, 0.1) is 10.8 Å². The Hall–Kier alpha value is 0.540. The number of rotatable bonds is 2. The van der Waals surface area contributed by atoms with Gasteiger partial charge in [-0.1, -0.05) is 6.92 Å². The molecule has 0 aromatic rings. The Morgan fingerprint density at radius 3 is 2.42 bits per heavy atom. The molecule has 0 heterocycles. The zero-order valence-corrected chi connectivity index (χ0v) is 8.98. The first-order valence-corrected chi connectivity index (χ1v) is 5.50. The summed E-state index contributed by atoms with van der Waals surface area (Å²) in [7, 11) is 0. The van der Waals surface area contributed by atoms with Gasteiger partial charge in [0.15, 0.2) is 0 Å². The van der Waals surface area contributed by atoms with Crippen LogP contribution in [-0.4, -0.2) is 17.3 Å². The Bertz CT molecular complexity index is 140. The molecule has 1 aliphatic carbocycles. The van der Waals surface area contributed by atoms with Gasteiger partial charge < -0.3 is 5.73 Å².